The van der Waals surface area contributed by atoms with Crippen LogP contribution in [-0.4, -0.2) is 16.0 Å². The van der Waals surface area contributed by atoms with Gasteiger partial charge in [-0.25, -0.2) is 0 Å². The molecule has 0 bridgehead atoms. The van der Waals surface area contributed by atoms with Crippen molar-refractivity contribution in [1.29, 1.82) is 0 Å². The van der Waals surface area contributed by atoms with E-state index in [2.05, 4.69) is 15.9 Å². The standard InChI is InChI=1S/C9H9BrN2O3/c1-5-2-6(11)9(8(13)4-10)7(3-5)12(14)15/h2-3H,4,11H2,1H3. The van der Waals surface area contributed by atoms with E-state index in [1.807, 2.05) is 0 Å². The number of ketones is 1. The summed E-state index contributed by atoms with van der Waals surface area (Å²) >= 11 is 2.96. The predicted molar refractivity (Wildman–Crippen MR) is 60.4 cm³/mol. The van der Waals surface area contributed by atoms with Gasteiger partial charge in [0, 0.05) is 11.8 Å². The number of Topliss-reactive ketones (excluding diaryl/α,β-unsaturated/α-hetero) is 1. The smallest absolute Gasteiger partial charge is 0.282 e. The molecule has 5 nitrogen and oxygen atoms in total. The summed E-state index contributed by atoms with van der Waals surface area (Å²) in [7, 11) is 0. The molecule has 1 rings (SSSR count). The van der Waals surface area contributed by atoms with Crippen LogP contribution in [0.5, 0.6) is 0 Å². The van der Waals surface area contributed by atoms with Crippen molar-refractivity contribution in [2.45, 2.75) is 6.92 Å². The molecule has 0 aliphatic carbocycles. The van der Waals surface area contributed by atoms with Gasteiger partial charge in [-0.2, -0.15) is 0 Å². The SMILES string of the molecule is Cc1cc(N)c(C(=O)CBr)c([N+](=O)[O-])c1. The van der Waals surface area contributed by atoms with E-state index in [9.17, 15) is 14.9 Å². The number of halogens is 1. The van der Waals surface area contributed by atoms with E-state index >= 15 is 0 Å². The van der Waals surface area contributed by atoms with Crippen LogP contribution in [0.15, 0.2) is 12.1 Å². The van der Waals surface area contributed by atoms with Crippen molar-refractivity contribution in [2.75, 3.05) is 11.1 Å². The third kappa shape index (κ3) is 2.33. The number of benzene rings is 1. The molecular weight excluding hydrogens is 264 g/mol. The van der Waals surface area contributed by atoms with Crippen LogP contribution in [0.1, 0.15) is 15.9 Å². The second kappa shape index (κ2) is 4.39. The van der Waals surface area contributed by atoms with Crippen molar-refractivity contribution in [3.63, 3.8) is 0 Å². The minimum absolute atomic E-state index is 0.0150. The molecule has 2 N–H and O–H groups in total. The maximum Gasteiger partial charge on any atom is 0.282 e. The molecule has 1 aromatic rings. The Morgan fingerprint density at radius 3 is 2.67 bits per heavy atom. The average Bonchev–Trinajstić information content (AvgIpc) is 2.15. The van der Waals surface area contributed by atoms with Crippen LogP contribution in [0, 0.1) is 17.0 Å². The molecule has 6 heteroatoms. The number of nitro benzene ring substituents is 1. The fraction of sp³-hybridized carbons (Fsp3) is 0.222. The Morgan fingerprint density at radius 2 is 2.20 bits per heavy atom. The van der Waals surface area contributed by atoms with Crippen LogP contribution in [0.25, 0.3) is 0 Å². The van der Waals surface area contributed by atoms with Crippen molar-refractivity contribution in [2.24, 2.45) is 0 Å². The highest BCUT2D eigenvalue weighted by molar-refractivity contribution is 9.09. The van der Waals surface area contributed by atoms with Crippen LogP contribution in [0.4, 0.5) is 11.4 Å². The number of nitro groups is 1. The molecule has 80 valence electrons. The molecule has 0 atom stereocenters. The van der Waals surface area contributed by atoms with Gasteiger partial charge >= 0.3 is 0 Å². The number of anilines is 1. The zero-order valence-electron chi connectivity index (χ0n) is 7.99. The summed E-state index contributed by atoms with van der Waals surface area (Å²) in [6, 6.07) is 2.88. The minimum atomic E-state index is -0.598. The first-order valence-corrected chi connectivity index (χ1v) is 5.23. The fourth-order valence-corrected chi connectivity index (χ4v) is 1.59. The van der Waals surface area contributed by atoms with Gasteiger partial charge in [-0.15, -0.1) is 0 Å². The Morgan fingerprint density at radius 1 is 1.60 bits per heavy atom. The molecule has 0 saturated carbocycles. The number of hydrogen-bond donors (Lipinski definition) is 1. The fourth-order valence-electron chi connectivity index (χ4n) is 1.31. The first-order chi connectivity index (χ1) is 6.97. The summed E-state index contributed by atoms with van der Waals surface area (Å²) in [4.78, 5) is 21.6. The van der Waals surface area contributed by atoms with Gasteiger partial charge in [-0.3, -0.25) is 14.9 Å². The molecule has 0 aliphatic heterocycles. The molecule has 0 aromatic heterocycles. The highest BCUT2D eigenvalue weighted by Crippen LogP contribution is 2.27. The highest BCUT2D eigenvalue weighted by Gasteiger charge is 2.22. The van der Waals surface area contributed by atoms with Gasteiger partial charge in [0.25, 0.3) is 5.69 Å². The molecule has 1 aromatic carbocycles. The molecule has 0 amide bonds. The molecule has 15 heavy (non-hydrogen) atoms. The van der Waals surface area contributed by atoms with Gasteiger partial charge in [-0.05, 0) is 18.6 Å². The number of carbonyl (C=O) groups is 1. The highest BCUT2D eigenvalue weighted by atomic mass is 79.9. The van der Waals surface area contributed by atoms with Crippen molar-refractivity contribution < 1.29 is 9.72 Å². The molecule has 0 saturated heterocycles. The molecule has 0 aliphatic rings. The summed E-state index contributed by atoms with van der Waals surface area (Å²) in [5.41, 5.74) is 6.13. The summed E-state index contributed by atoms with van der Waals surface area (Å²) in [6.07, 6.45) is 0. The van der Waals surface area contributed by atoms with Crippen LogP contribution in [0.3, 0.4) is 0 Å². The minimum Gasteiger partial charge on any atom is -0.398 e. The number of hydrogen-bond acceptors (Lipinski definition) is 4. The topological polar surface area (TPSA) is 86.2 Å². The quantitative estimate of drug-likeness (QED) is 0.300. The number of nitrogen functional groups attached to an aromatic ring is 1. The maximum absolute atomic E-state index is 11.4. The average molecular weight is 273 g/mol. The number of nitrogens with two attached hydrogens (primary N) is 1. The molecule has 0 unspecified atom stereocenters. The summed E-state index contributed by atoms with van der Waals surface area (Å²) in [6.45, 7) is 1.69. The molecule has 0 radical (unpaired) electrons. The van der Waals surface area contributed by atoms with Crippen LogP contribution < -0.4 is 5.73 Å². The molecule has 0 heterocycles. The normalized spacial score (nSPS) is 10.0. The van der Waals surface area contributed by atoms with Gasteiger partial charge in [0.15, 0.2) is 5.78 Å². The Bertz CT molecular complexity index is 432. The number of nitrogens with zero attached hydrogens (tertiary/aromatic N) is 1. The van der Waals surface area contributed by atoms with E-state index in [-0.39, 0.29) is 28.1 Å². The lowest BCUT2D eigenvalue weighted by atomic mass is 10.0. The molecule has 0 spiro atoms. The van der Waals surface area contributed by atoms with Crippen LogP contribution >= 0.6 is 15.9 Å². The third-order valence-corrected chi connectivity index (χ3v) is 2.40. The maximum atomic E-state index is 11.4. The van der Waals surface area contributed by atoms with Crippen molar-refractivity contribution in [3.05, 3.63) is 33.4 Å². The van der Waals surface area contributed by atoms with E-state index in [1.165, 1.54) is 6.07 Å². The molecular formula is C9H9BrN2O3. The monoisotopic (exact) mass is 272 g/mol. The Labute approximate surface area is 94.5 Å². The Balaban J connectivity index is 3.46. The predicted octanol–water partition coefficient (Wildman–Crippen LogP) is 2.06. The lowest BCUT2D eigenvalue weighted by Gasteiger charge is -2.05. The number of alkyl halides is 1. The van der Waals surface area contributed by atoms with Crippen LogP contribution in [0.2, 0.25) is 0 Å². The van der Waals surface area contributed by atoms with Crippen molar-refractivity contribution in [3.8, 4) is 0 Å². The van der Waals surface area contributed by atoms with Gasteiger partial charge < -0.3 is 5.73 Å². The summed E-state index contributed by atoms with van der Waals surface area (Å²) < 4.78 is 0. The van der Waals surface area contributed by atoms with Gasteiger partial charge in [0.05, 0.1) is 10.3 Å². The second-order valence-corrected chi connectivity index (χ2v) is 3.62. The lowest BCUT2D eigenvalue weighted by Crippen LogP contribution is -2.09. The Hall–Kier alpha value is -1.43. The van der Waals surface area contributed by atoms with Crippen molar-refractivity contribution >= 4 is 33.1 Å². The van der Waals surface area contributed by atoms with Gasteiger partial charge in [0.1, 0.15) is 5.56 Å². The zero-order valence-corrected chi connectivity index (χ0v) is 9.58. The third-order valence-electron chi connectivity index (χ3n) is 1.89. The first-order valence-electron chi connectivity index (χ1n) is 4.11. The first kappa shape index (κ1) is 11.6. The van der Waals surface area contributed by atoms with Crippen LogP contribution in [-0.2, 0) is 0 Å². The van der Waals surface area contributed by atoms with Gasteiger partial charge in [0.2, 0.25) is 0 Å². The second-order valence-electron chi connectivity index (χ2n) is 3.06. The lowest BCUT2D eigenvalue weighted by molar-refractivity contribution is -0.385. The number of aryl methyl sites for hydroxylation is 1. The number of rotatable bonds is 3. The summed E-state index contributed by atoms with van der Waals surface area (Å²) in [5, 5.41) is 10.7. The van der Waals surface area contributed by atoms with E-state index < -0.39 is 4.92 Å². The summed E-state index contributed by atoms with van der Waals surface area (Å²) in [5.74, 6) is -0.390. The van der Waals surface area contributed by atoms with Crippen molar-refractivity contribution in [1.82, 2.24) is 0 Å². The van der Waals surface area contributed by atoms with Gasteiger partial charge in [-0.1, -0.05) is 15.9 Å². The van der Waals surface area contributed by atoms with E-state index in [0.29, 0.717) is 5.56 Å². The van der Waals surface area contributed by atoms with E-state index in [4.69, 9.17) is 5.73 Å². The molecule has 0 fully saturated rings. The zero-order chi connectivity index (χ0) is 11.6. The Kier molecular flexibility index (Phi) is 3.41. The largest absolute Gasteiger partial charge is 0.398 e. The van der Waals surface area contributed by atoms with E-state index in [1.54, 1.807) is 13.0 Å². The van der Waals surface area contributed by atoms with E-state index in [0.717, 1.165) is 0 Å². The number of carbonyl (C=O) groups excluding carboxylic acids is 1.